The number of nitrogens with zero attached hydrogens (tertiary/aromatic N) is 4. The predicted molar refractivity (Wildman–Crippen MR) is 104 cm³/mol. The zero-order valence-electron chi connectivity index (χ0n) is 16.9. The molecule has 0 aliphatic carbocycles. The zero-order valence-corrected chi connectivity index (χ0v) is 16.9. The van der Waals surface area contributed by atoms with Crippen LogP contribution >= 0.6 is 0 Å². The molecule has 0 radical (unpaired) electrons. The van der Waals surface area contributed by atoms with Crippen LogP contribution in [-0.2, 0) is 4.79 Å². The maximum absolute atomic E-state index is 13.6. The molecule has 0 aromatic carbocycles. The molecule has 0 unspecified atom stereocenters. The van der Waals surface area contributed by atoms with Gasteiger partial charge in [-0.3, -0.25) is 9.69 Å². The second kappa shape index (κ2) is 8.16. The number of fused-ring (bicyclic) bond motifs is 1. The summed E-state index contributed by atoms with van der Waals surface area (Å²) in [6, 6.07) is -0.150. The summed E-state index contributed by atoms with van der Waals surface area (Å²) >= 11 is 0. The SMILES string of the molecule is Cc1cc2n(n1)[C@@H](C(F)(F)F)C[C@@H](C1CCN(C(=O)CN3CCCCC3)CC1)N2. The van der Waals surface area contributed by atoms with Crippen LogP contribution in [0.3, 0.4) is 0 Å². The molecule has 1 amide bonds. The van der Waals surface area contributed by atoms with Crippen molar-refractivity contribution in [3.8, 4) is 0 Å². The van der Waals surface area contributed by atoms with Crippen molar-refractivity contribution in [1.29, 1.82) is 0 Å². The monoisotopic (exact) mass is 413 g/mol. The largest absolute Gasteiger partial charge is 0.410 e. The second-order valence-electron chi connectivity index (χ2n) is 8.71. The van der Waals surface area contributed by atoms with E-state index in [-0.39, 0.29) is 24.3 Å². The molecule has 0 bridgehead atoms. The lowest BCUT2D eigenvalue weighted by Gasteiger charge is -2.41. The summed E-state index contributed by atoms with van der Waals surface area (Å²) in [5, 5.41) is 7.33. The maximum atomic E-state index is 13.6. The van der Waals surface area contributed by atoms with Crippen LogP contribution in [0, 0.1) is 12.8 Å². The molecule has 1 aromatic rings. The van der Waals surface area contributed by atoms with Crippen molar-refractivity contribution >= 4 is 11.7 Å². The molecule has 0 saturated carbocycles. The number of halogens is 3. The fourth-order valence-corrected chi connectivity index (χ4v) is 4.99. The lowest BCUT2D eigenvalue weighted by molar-refractivity contribution is -0.174. The molecule has 4 heterocycles. The van der Waals surface area contributed by atoms with Crippen LogP contribution in [0.2, 0.25) is 0 Å². The highest BCUT2D eigenvalue weighted by atomic mass is 19.4. The van der Waals surface area contributed by atoms with E-state index < -0.39 is 12.2 Å². The first kappa shape index (κ1) is 20.5. The lowest BCUT2D eigenvalue weighted by Crippen LogP contribution is -2.49. The van der Waals surface area contributed by atoms with E-state index >= 15 is 0 Å². The summed E-state index contributed by atoms with van der Waals surface area (Å²) in [6.07, 6.45) is 0.685. The van der Waals surface area contributed by atoms with Crippen LogP contribution in [0.25, 0.3) is 0 Å². The van der Waals surface area contributed by atoms with Crippen molar-refractivity contribution in [1.82, 2.24) is 19.6 Å². The van der Waals surface area contributed by atoms with Crippen LogP contribution in [0.5, 0.6) is 0 Å². The van der Waals surface area contributed by atoms with Crippen molar-refractivity contribution in [2.75, 3.05) is 38.0 Å². The minimum atomic E-state index is -4.32. The number of hydrogen-bond acceptors (Lipinski definition) is 4. The van der Waals surface area contributed by atoms with Gasteiger partial charge in [0.05, 0.1) is 12.2 Å². The Morgan fingerprint density at radius 2 is 1.86 bits per heavy atom. The van der Waals surface area contributed by atoms with Crippen molar-refractivity contribution in [3.05, 3.63) is 11.8 Å². The standard InChI is InChI=1S/C20H30F3N5O/c1-14-11-18-24-16(12-17(20(21,22)23)28(18)25-14)15-5-9-27(10-6-15)19(29)13-26-7-3-2-4-8-26/h11,15-17,24H,2-10,12-13H2,1H3/t16-,17+/m0/s1. The fourth-order valence-electron chi connectivity index (χ4n) is 4.99. The van der Waals surface area contributed by atoms with Gasteiger partial charge in [0.2, 0.25) is 5.91 Å². The lowest BCUT2D eigenvalue weighted by atomic mass is 9.84. The number of carbonyl (C=O) groups is 1. The van der Waals surface area contributed by atoms with Gasteiger partial charge in [-0.05, 0) is 58.0 Å². The molecule has 162 valence electrons. The van der Waals surface area contributed by atoms with Crippen molar-refractivity contribution in [2.24, 2.45) is 5.92 Å². The first-order chi connectivity index (χ1) is 13.8. The molecule has 4 rings (SSSR count). The zero-order chi connectivity index (χ0) is 20.6. The number of amides is 1. The van der Waals surface area contributed by atoms with Gasteiger partial charge >= 0.3 is 6.18 Å². The van der Waals surface area contributed by atoms with Crippen LogP contribution in [0.4, 0.5) is 19.0 Å². The molecule has 1 N–H and O–H groups in total. The number of rotatable bonds is 3. The molecule has 2 saturated heterocycles. The van der Waals surface area contributed by atoms with Gasteiger partial charge in [-0.2, -0.15) is 18.3 Å². The number of likely N-dealkylation sites (tertiary alicyclic amines) is 2. The summed E-state index contributed by atoms with van der Waals surface area (Å²) in [5.41, 5.74) is 0.584. The maximum Gasteiger partial charge on any atom is 0.410 e. The van der Waals surface area contributed by atoms with Crippen molar-refractivity contribution in [2.45, 2.75) is 63.7 Å². The smallest absolute Gasteiger partial charge is 0.367 e. The number of aryl methyl sites for hydroxylation is 1. The number of aromatic nitrogens is 2. The predicted octanol–water partition coefficient (Wildman–Crippen LogP) is 3.20. The Kier molecular flexibility index (Phi) is 5.77. The van der Waals surface area contributed by atoms with E-state index in [1.165, 1.54) is 6.42 Å². The van der Waals surface area contributed by atoms with E-state index in [2.05, 4.69) is 15.3 Å². The number of hydrogen-bond donors (Lipinski definition) is 1. The average Bonchev–Trinajstić information content (AvgIpc) is 3.07. The highest BCUT2D eigenvalue weighted by molar-refractivity contribution is 5.78. The second-order valence-corrected chi connectivity index (χ2v) is 8.71. The summed E-state index contributed by atoms with van der Waals surface area (Å²) in [7, 11) is 0. The molecule has 1 aromatic heterocycles. The van der Waals surface area contributed by atoms with Gasteiger partial charge in [0.15, 0.2) is 6.04 Å². The topological polar surface area (TPSA) is 53.4 Å². The quantitative estimate of drug-likeness (QED) is 0.827. The van der Waals surface area contributed by atoms with Crippen molar-refractivity contribution < 1.29 is 18.0 Å². The number of nitrogens with one attached hydrogen (secondary N) is 1. The Morgan fingerprint density at radius 3 is 2.52 bits per heavy atom. The molecule has 9 heteroatoms. The van der Waals surface area contributed by atoms with E-state index in [4.69, 9.17) is 0 Å². The molecule has 2 fully saturated rings. The minimum absolute atomic E-state index is 0.00991. The fraction of sp³-hybridized carbons (Fsp3) is 0.800. The van der Waals surface area contributed by atoms with E-state index in [1.807, 2.05) is 4.90 Å². The van der Waals surface area contributed by atoms with Crippen molar-refractivity contribution in [3.63, 3.8) is 0 Å². The summed E-state index contributed by atoms with van der Waals surface area (Å²) in [6.45, 7) is 5.41. The normalized spacial score (nSPS) is 26.8. The van der Waals surface area contributed by atoms with E-state index in [0.29, 0.717) is 31.1 Å². The molecule has 2 atom stereocenters. The van der Waals surface area contributed by atoms with E-state index in [0.717, 1.165) is 43.5 Å². The van der Waals surface area contributed by atoms with Crippen LogP contribution in [0.15, 0.2) is 6.07 Å². The third-order valence-electron chi connectivity index (χ3n) is 6.61. The Balaban J connectivity index is 1.35. The highest BCUT2D eigenvalue weighted by Gasteiger charge is 2.47. The average molecular weight is 413 g/mol. The number of anilines is 1. The number of alkyl halides is 3. The third kappa shape index (κ3) is 4.54. The van der Waals surface area contributed by atoms with Crippen LogP contribution in [0.1, 0.15) is 50.3 Å². The van der Waals surface area contributed by atoms with Gasteiger partial charge in [0.1, 0.15) is 5.82 Å². The highest BCUT2D eigenvalue weighted by Crippen LogP contribution is 2.42. The third-order valence-corrected chi connectivity index (χ3v) is 6.61. The summed E-state index contributed by atoms with van der Waals surface area (Å²) in [5.74, 6) is 0.733. The summed E-state index contributed by atoms with van der Waals surface area (Å²) in [4.78, 5) is 16.7. The van der Waals surface area contributed by atoms with Crippen LogP contribution in [-0.4, -0.2) is 70.4 Å². The van der Waals surface area contributed by atoms with E-state index in [9.17, 15) is 18.0 Å². The summed E-state index contributed by atoms with van der Waals surface area (Å²) < 4.78 is 41.9. The molecule has 3 aliphatic rings. The minimum Gasteiger partial charge on any atom is -0.367 e. The Hall–Kier alpha value is -1.77. The number of piperidine rings is 2. The van der Waals surface area contributed by atoms with Crippen LogP contribution < -0.4 is 5.32 Å². The number of carbonyl (C=O) groups excluding carboxylic acids is 1. The Bertz CT molecular complexity index is 720. The first-order valence-corrected chi connectivity index (χ1v) is 10.7. The molecule has 3 aliphatic heterocycles. The molecule has 6 nitrogen and oxygen atoms in total. The van der Waals surface area contributed by atoms with Gasteiger partial charge in [0.25, 0.3) is 0 Å². The van der Waals surface area contributed by atoms with Gasteiger partial charge in [-0.15, -0.1) is 0 Å². The molecular formula is C20H30F3N5O. The molecule has 0 spiro atoms. The van der Waals surface area contributed by atoms with E-state index in [1.54, 1.807) is 13.0 Å². The first-order valence-electron chi connectivity index (χ1n) is 10.7. The Morgan fingerprint density at radius 1 is 1.17 bits per heavy atom. The van der Waals surface area contributed by atoms with Gasteiger partial charge in [-0.1, -0.05) is 6.42 Å². The molecular weight excluding hydrogens is 383 g/mol. The van der Waals surface area contributed by atoms with Gasteiger partial charge in [0, 0.05) is 25.2 Å². The van der Waals surface area contributed by atoms with Gasteiger partial charge in [-0.25, -0.2) is 4.68 Å². The Labute approximate surface area is 169 Å². The molecule has 29 heavy (non-hydrogen) atoms. The van der Waals surface area contributed by atoms with Gasteiger partial charge < -0.3 is 10.2 Å².